The van der Waals surface area contributed by atoms with E-state index in [1.165, 1.54) is 0 Å². The van der Waals surface area contributed by atoms with Crippen molar-refractivity contribution in [2.45, 2.75) is 18.9 Å². The lowest BCUT2D eigenvalue weighted by Gasteiger charge is -2.21. The molecule has 0 aliphatic carbocycles. The Balaban J connectivity index is 0.00000225. The van der Waals surface area contributed by atoms with E-state index in [1.807, 2.05) is 36.4 Å². The fourth-order valence-corrected chi connectivity index (χ4v) is 3.14. The number of carbonyl (C=O) groups is 1. The van der Waals surface area contributed by atoms with E-state index >= 15 is 0 Å². The maximum Gasteiger partial charge on any atom is 0.224 e. The van der Waals surface area contributed by atoms with E-state index in [0.29, 0.717) is 0 Å². The normalized spacial score (nSPS) is 17.4. The minimum Gasteiger partial charge on any atom is -0.497 e. The van der Waals surface area contributed by atoms with E-state index in [2.05, 4.69) is 28.8 Å². The van der Waals surface area contributed by atoms with Gasteiger partial charge >= 0.3 is 0 Å². The van der Waals surface area contributed by atoms with Crippen molar-refractivity contribution in [3.05, 3.63) is 65.7 Å². The molecule has 2 aromatic carbocycles. The standard InChI is InChI=1S/C20H24N2O2.ClH/c1-24-18-9-5-6-15(12-18)13-19(16-7-3-2-4-8-16)22-20(23)17-10-11-21-14-17;/h2-9,12,17,19,21H,10-11,13-14H2,1H3,(H,22,23);1H. The van der Waals surface area contributed by atoms with Gasteiger partial charge in [0.1, 0.15) is 5.75 Å². The third-order valence-corrected chi connectivity index (χ3v) is 4.52. The van der Waals surface area contributed by atoms with Crippen LogP contribution in [0.2, 0.25) is 0 Å². The third-order valence-electron chi connectivity index (χ3n) is 4.52. The van der Waals surface area contributed by atoms with Crippen molar-refractivity contribution < 1.29 is 9.53 Å². The van der Waals surface area contributed by atoms with Crippen LogP contribution in [-0.2, 0) is 11.2 Å². The maximum absolute atomic E-state index is 12.6. The monoisotopic (exact) mass is 360 g/mol. The molecule has 5 heteroatoms. The first-order valence-corrected chi connectivity index (χ1v) is 8.45. The van der Waals surface area contributed by atoms with E-state index in [4.69, 9.17) is 4.74 Å². The van der Waals surface area contributed by atoms with E-state index < -0.39 is 0 Å². The van der Waals surface area contributed by atoms with Crippen LogP contribution in [0.3, 0.4) is 0 Å². The molecule has 1 amide bonds. The number of halogens is 1. The topological polar surface area (TPSA) is 50.4 Å². The smallest absolute Gasteiger partial charge is 0.224 e. The number of hydrogen-bond donors (Lipinski definition) is 2. The van der Waals surface area contributed by atoms with Crippen LogP contribution in [0, 0.1) is 5.92 Å². The second kappa shape index (κ2) is 9.44. The summed E-state index contributed by atoms with van der Waals surface area (Å²) in [6, 6.07) is 18.1. The minimum absolute atomic E-state index is 0. The molecule has 134 valence electrons. The summed E-state index contributed by atoms with van der Waals surface area (Å²) in [6.45, 7) is 1.69. The Hall–Kier alpha value is -2.04. The molecule has 2 aromatic rings. The van der Waals surface area contributed by atoms with Crippen molar-refractivity contribution in [3.8, 4) is 5.75 Å². The van der Waals surface area contributed by atoms with Gasteiger partial charge in [-0.3, -0.25) is 4.79 Å². The van der Waals surface area contributed by atoms with E-state index in [1.54, 1.807) is 7.11 Å². The fourth-order valence-electron chi connectivity index (χ4n) is 3.14. The first-order valence-electron chi connectivity index (χ1n) is 8.45. The molecule has 3 rings (SSSR count). The molecule has 0 bridgehead atoms. The predicted octanol–water partition coefficient (Wildman–Crippen LogP) is 3.13. The van der Waals surface area contributed by atoms with Crippen LogP contribution in [0.4, 0.5) is 0 Å². The Kier molecular flexibility index (Phi) is 7.29. The van der Waals surface area contributed by atoms with E-state index in [-0.39, 0.29) is 30.3 Å². The second-order valence-corrected chi connectivity index (χ2v) is 6.22. The second-order valence-electron chi connectivity index (χ2n) is 6.22. The molecule has 0 saturated carbocycles. The summed E-state index contributed by atoms with van der Waals surface area (Å²) < 4.78 is 5.31. The number of rotatable bonds is 6. The van der Waals surface area contributed by atoms with Gasteiger partial charge in [0, 0.05) is 6.54 Å². The number of benzene rings is 2. The summed E-state index contributed by atoms with van der Waals surface area (Å²) in [5.74, 6) is 1.05. The lowest BCUT2D eigenvalue weighted by molar-refractivity contribution is -0.125. The summed E-state index contributed by atoms with van der Waals surface area (Å²) in [4.78, 5) is 12.6. The van der Waals surface area contributed by atoms with Crippen molar-refractivity contribution >= 4 is 18.3 Å². The van der Waals surface area contributed by atoms with Crippen LogP contribution in [0.15, 0.2) is 54.6 Å². The molecule has 0 radical (unpaired) electrons. The lowest BCUT2D eigenvalue weighted by Crippen LogP contribution is -2.35. The van der Waals surface area contributed by atoms with Gasteiger partial charge in [-0.2, -0.15) is 0 Å². The molecule has 0 aromatic heterocycles. The highest BCUT2D eigenvalue weighted by Gasteiger charge is 2.25. The van der Waals surface area contributed by atoms with Gasteiger partial charge in [-0.25, -0.2) is 0 Å². The van der Waals surface area contributed by atoms with Gasteiger partial charge in [0.15, 0.2) is 0 Å². The highest BCUT2D eigenvalue weighted by Crippen LogP contribution is 2.22. The van der Waals surface area contributed by atoms with Crippen LogP contribution in [-0.4, -0.2) is 26.1 Å². The van der Waals surface area contributed by atoms with Crippen molar-refractivity contribution in [3.63, 3.8) is 0 Å². The number of hydrogen-bond acceptors (Lipinski definition) is 3. The molecule has 2 unspecified atom stereocenters. The summed E-state index contributed by atoms with van der Waals surface area (Å²) in [5, 5.41) is 6.50. The fraction of sp³-hybridized carbons (Fsp3) is 0.350. The molecular formula is C20H25ClN2O2. The predicted molar refractivity (Wildman–Crippen MR) is 102 cm³/mol. The van der Waals surface area contributed by atoms with Gasteiger partial charge in [0.05, 0.1) is 19.1 Å². The molecule has 4 nitrogen and oxygen atoms in total. The Labute approximate surface area is 155 Å². The number of ether oxygens (including phenoxy) is 1. The van der Waals surface area contributed by atoms with Gasteiger partial charge in [0.2, 0.25) is 5.91 Å². The summed E-state index contributed by atoms with van der Waals surface area (Å²) >= 11 is 0. The first-order chi connectivity index (χ1) is 11.8. The Bertz CT molecular complexity index is 672. The molecule has 25 heavy (non-hydrogen) atoms. The third kappa shape index (κ3) is 5.21. The Morgan fingerprint density at radius 1 is 1.24 bits per heavy atom. The van der Waals surface area contributed by atoms with Gasteiger partial charge in [-0.05, 0) is 42.6 Å². The molecular weight excluding hydrogens is 336 g/mol. The van der Waals surface area contributed by atoms with Crippen molar-refractivity contribution in [1.29, 1.82) is 0 Å². The zero-order valence-corrected chi connectivity index (χ0v) is 15.2. The van der Waals surface area contributed by atoms with Gasteiger partial charge < -0.3 is 15.4 Å². The van der Waals surface area contributed by atoms with Crippen LogP contribution in [0.5, 0.6) is 5.75 Å². The molecule has 0 spiro atoms. The highest BCUT2D eigenvalue weighted by molar-refractivity contribution is 5.85. The van der Waals surface area contributed by atoms with Crippen LogP contribution in [0.1, 0.15) is 23.6 Å². The maximum atomic E-state index is 12.6. The first kappa shape index (κ1) is 19.3. The van der Waals surface area contributed by atoms with Crippen molar-refractivity contribution in [2.24, 2.45) is 5.92 Å². The minimum atomic E-state index is -0.0357. The lowest BCUT2D eigenvalue weighted by atomic mass is 9.97. The molecule has 1 saturated heterocycles. The Morgan fingerprint density at radius 3 is 2.72 bits per heavy atom. The quantitative estimate of drug-likeness (QED) is 0.832. The van der Waals surface area contributed by atoms with E-state index in [9.17, 15) is 4.79 Å². The largest absolute Gasteiger partial charge is 0.497 e. The number of carbonyl (C=O) groups excluding carboxylic acids is 1. The van der Waals surface area contributed by atoms with Crippen molar-refractivity contribution in [2.75, 3.05) is 20.2 Å². The average molecular weight is 361 g/mol. The molecule has 2 N–H and O–H groups in total. The summed E-state index contributed by atoms with van der Waals surface area (Å²) in [7, 11) is 1.67. The van der Waals surface area contributed by atoms with E-state index in [0.717, 1.165) is 42.8 Å². The van der Waals surface area contributed by atoms with Gasteiger partial charge in [-0.1, -0.05) is 42.5 Å². The summed E-state index contributed by atoms with van der Waals surface area (Å²) in [5.41, 5.74) is 2.27. The summed E-state index contributed by atoms with van der Waals surface area (Å²) in [6.07, 6.45) is 1.65. The van der Waals surface area contributed by atoms with Crippen LogP contribution >= 0.6 is 12.4 Å². The Morgan fingerprint density at radius 2 is 2.04 bits per heavy atom. The van der Waals surface area contributed by atoms with Crippen LogP contribution < -0.4 is 15.4 Å². The SMILES string of the molecule is COc1cccc(CC(NC(=O)C2CCNC2)c2ccccc2)c1.Cl. The highest BCUT2D eigenvalue weighted by atomic mass is 35.5. The number of amides is 1. The number of methoxy groups -OCH3 is 1. The number of nitrogens with one attached hydrogen (secondary N) is 2. The zero-order chi connectivity index (χ0) is 16.8. The molecule has 1 aliphatic heterocycles. The molecule has 2 atom stereocenters. The van der Waals surface area contributed by atoms with Gasteiger partial charge in [-0.15, -0.1) is 12.4 Å². The van der Waals surface area contributed by atoms with Crippen LogP contribution in [0.25, 0.3) is 0 Å². The zero-order valence-electron chi connectivity index (χ0n) is 14.4. The average Bonchev–Trinajstić information content (AvgIpc) is 3.17. The van der Waals surface area contributed by atoms with Gasteiger partial charge in [0.25, 0.3) is 0 Å². The molecule has 1 fully saturated rings. The molecule has 1 heterocycles. The van der Waals surface area contributed by atoms with Crippen molar-refractivity contribution in [1.82, 2.24) is 10.6 Å². The molecule has 1 aliphatic rings.